The van der Waals surface area contributed by atoms with Crippen molar-refractivity contribution in [1.82, 2.24) is 0 Å². The SMILES string of the molecule is Cc1ccc(N2C(=N)S/C(=C\c3ccc(-c4ccc(F)cc4)o3)C2=O)cc1C. The Morgan fingerprint density at radius 3 is 2.50 bits per heavy atom. The Morgan fingerprint density at radius 1 is 1.04 bits per heavy atom. The van der Waals surface area contributed by atoms with Gasteiger partial charge in [-0.05, 0) is 85.3 Å². The van der Waals surface area contributed by atoms with Gasteiger partial charge in [0.1, 0.15) is 17.3 Å². The number of amides is 1. The van der Waals surface area contributed by atoms with E-state index >= 15 is 0 Å². The van der Waals surface area contributed by atoms with Crippen LogP contribution in [0.5, 0.6) is 0 Å². The highest BCUT2D eigenvalue weighted by atomic mass is 32.2. The Kier molecular flexibility index (Phi) is 4.65. The topological polar surface area (TPSA) is 57.3 Å². The second-order valence-electron chi connectivity index (χ2n) is 6.53. The second kappa shape index (κ2) is 7.13. The van der Waals surface area contributed by atoms with Crippen molar-refractivity contribution in [2.45, 2.75) is 13.8 Å². The summed E-state index contributed by atoms with van der Waals surface area (Å²) in [4.78, 5) is 14.7. The quantitative estimate of drug-likeness (QED) is 0.577. The van der Waals surface area contributed by atoms with Crippen molar-refractivity contribution in [3.05, 3.63) is 82.2 Å². The Bertz CT molecular complexity index is 1120. The van der Waals surface area contributed by atoms with E-state index in [9.17, 15) is 9.18 Å². The van der Waals surface area contributed by atoms with Crippen molar-refractivity contribution in [3.63, 3.8) is 0 Å². The van der Waals surface area contributed by atoms with Crippen molar-refractivity contribution in [2.75, 3.05) is 4.90 Å². The first-order chi connectivity index (χ1) is 13.4. The van der Waals surface area contributed by atoms with Gasteiger partial charge in [0.25, 0.3) is 5.91 Å². The smallest absolute Gasteiger partial charge is 0.271 e. The lowest BCUT2D eigenvalue weighted by Gasteiger charge is -2.15. The Labute approximate surface area is 166 Å². The summed E-state index contributed by atoms with van der Waals surface area (Å²) in [5.41, 5.74) is 3.63. The fourth-order valence-corrected chi connectivity index (χ4v) is 3.76. The molecule has 1 amide bonds. The molecule has 1 N–H and O–H groups in total. The molecule has 1 fully saturated rings. The number of nitrogens with zero attached hydrogens (tertiary/aromatic N) is 1. The molecule has 0 atom stereocenters. The molecule has 28 heavy (non-hydrogen) atoms. The van der Waals surface area contributed by atoms with E-state index in [2.05, 4.69) is 0 Å². The first-order valence-electron chi connectivity index (χ1n) is 8.68. The lowest BCUT2D eigenvalue weighted by atomic mass is 10.1. The monoisotopic (exact) mass is 392 g/mol. The van der Waals surface area contributed by atoms with Gasteiger partial charge in [0.2, 0.25) is 0 Å². The molecule has 2 aromatic carbocycles. The van der Waals surface area contributed by atoms with Crippen molar-refractivity contribution in [1.29, 1.82) is 5.41 Å². The maximum absolute atomic E-state index is 13.1. The first-order valence-corrected chi connectivity index (χ1v) is 9.49. The Balaban J connectivity index is 1.61. The average molecular weight is 392 g/mol. The number of nitrogens with one attached hydrogen (secondary N) is 1. The molecule has 1 aliphatic rings. The molecule has 1 saturated heterocycles. The largest absolute Gasteiger partial charge is 0.457 e. The van der Waals surface area contributed by atoms with Crippen LogP contribution in [0.4, 0.5) is 10.1 Å². The molecule has 0 aliphatic carbocycles. The summed E-state index contributed by atoms with van der Waals surface area (Å²) >= 11 is 1.10. The second-order valence-corrected chi connectivity index (χ2v) is 7.56. The summed E-state index contributed by atoms with van der Waals surface area (Å²) in [5, 5.41) is 8.37. The molecule has 0 bridgehead atoms. The normalized spacial score (nSPS) is 15.7. The number of furan rings is 1. The summed E-state index contributed by atoms with van der Waals surface area (Å²) in [7, 11) is 0. The average Bonchev–Trinajstić information content (AvgIpc) is 3.23. The van der Waals surface area contributed by atoms with Gasteiger partial charge in [-0.15, -0.1) is 0 Å². The van der Waals surface area contributed by atoms with E-state index in [0.29, 0.717) is 22.1 Å². The highest BCUT2D eigenvalue weighted by Crippen LogP contribution is 2.36. The number of hydrogen-bond acceptors (Lipinski definition) is 4. The summed E-state index contributed by atoms with van der Waals surface area (Å²) < 4.78 is 18.9. The molecule has 1 aromatic heterocycles. The number of halogens is 1. The van der Waals surface area contributed by atoms with Gasteiger partial charge < -0.3 is 4.42 Å². The number of aryl methyl sites for hydroxylation is 2. The summed E-state index contributed by atoms with van der Waals surface area (Å²) in [6.07, 6.45) is 1.63. The van der Waals surface area contributed by atoms with Gasteiger partial charge in [0.05, 0.1) is 10.6 Å². The van der Waals surface area contributed by atoms with E-state index in [0.717, 1.165) is 28.5 Å². The zero-order valence-electron chi connectivity index (χ0n) is 15.3. The van der Waals surface area contributed by atoms with E-state index in [4.69, 9.17) is 9.83 Å². The van der Waals surface area contributed by atoms with Crippen molar-refractivity contribution >= 4 is 34.6 Å². The van der Waals surface area contributed by atoms with E-state index in [-0.39, 0.29) is 16.9 Å². The number of amidine groups is 1. The Morgan fingerprint density at radius 2 is 1.79 bits per heavy atom. The predicted octanol–water partition coefficient (Wildman–Crippen LogP) is 5.76. The zero-order chi connectivity index (χ0) is 19.8. The molecule has 6 heteroatoms. The number of carbonyl (C=O) groups is 1. The molecule has 0 radical (unpaired) electrons. The van der Waals surface area contributed by atoms with Crippen molar-refractivity contribution in [2.24, 2.45) is 0 Å². The van der Waals surface area contributed by atoms with Gasteiger partial charge in [0.15, 0.2) is 5.17 Å². The minimum Gasteiger partial charge on any atom is -0.457 e. The molecule has 0 unspecified atom stereocenters. The van der Waals surface area contributed by atoms with Crippen LogP contribution in [0, 0.1) is 25.1 Å². The molecular formula is C22H17FN2O2S. The summed E-state index contributed by atoms with van der Waals surface area (Å²) in [5.74, 6) is 0.529. The zero-order valence-corrected chi connectivity index (χ0v) is 16.1. The summed E-state index contributed by atoms with van der Waals surface area (Å²) in [6.45, 7) is 3.98. The van der Waals surface area contributed by atoms with Gasteiger partial charge in [-0.25, -0.2) is 4.39 Å². The molecule has 0 saturated carbocycles. The third-order valence-electron chi connectivity index (χ3n) is 4.60. The van der Waals surface area contributed by atoms with Crippen LogP contribution in [-0.4, -0.2) is 11.1 Å². The molecule has 0 spiro atoms. The van der Waals surface area contributed by atoms with Crippen LogP contribution >= 0.6 is 11.8 Å². The van der Waals surface area contributed by atoms with Crippen LogP contribution < -0.4 is 4.90 Å². The van der Waals surface area contributed by atoms with Gasteiger partial charge in [-0.1, -0.05) is 6.07 Å². The maximum atomic E-state index is 13.1. The number of anilines is 1. The van der Waals surface area contributed by atoms with Crippen molar-refractivity contribution < 1.29 is 13.6 Å². The molecule has 3 aromatic rings. The number of hydrogen-bond donors (Lipinski definition) is 1. The molecule has 140 valence electrons. The molecule has 4 nitrogen and oxygen atoms in total. The predicted molar refractivity (Wildman–Crippen MR) is 111 cm³/mol. The van der Waals surface area contributed by atoms with E-state index in [1.165, 1.54) is 17.0 Å². The third-order valence-corrected chi connectivity index (χ3v) is 5.49. The van der Waals surface area contributed by atoms with Gasteiger partial charge >= 0.3 is 0 Å². The van der Waals surface area contributed by atoms with E-state index in [1.54, 1.807) is 30.3 Å². The fourth-order valence-electron chi connectivity index (χ4n) is 2.92. The number of benzene rings is 2. The first kappa shape index (κ1) is 18.3. The fraction of sp³-hybridized carbons (Fsp3) is 0.0909. The molecule has 4 rings (SSSR count). The van der Waals surface area contributed by atoms with Gasteiger partial charge in [-0.3, -0.25) is 15.1 Å². The minimum absolute atomic E-state index is 0.157. The number of rotatable bonds is 3. The third kappa shape index (κ3) is 3.39. The minimum atomic E-state index is -0.310. The van der Waals surface area contributed by atoms with E-state index in [1.807, 2.05) is 32.0 Å². The summed E-state index contributed by atoms with van der Waals surface area (Å²) in [6, 6.07) is 15.2. The lowest BCUT2D eigenvalue weighted by molar-refractivity contribution is -0.113. The van der Waals surface area contributed by atoms with Crippen molar-refractivity contribution in [3.8, 4) is 11.3 Å². The molecule has 2 heterocycles. The van der Waals surface area contributed by atoms with Crippen LogP contribution in [0.2, 0.25) is 0 Å². The van der Waals surface area contributed by atoms with Gasteiger partial charge in [0, 0.05) is 11.6 Å². The lowest BCUT2D eigenvalue weighted by Crippen LogP contribution is -2.28. The standard InChI is InChI=1S/C22H17FN2O2S/c1-13-3-8-17(11-14(13)2)25-21(26)20(28-22(25)24)12-18-9-10-19(27-18)15-4-6-16(23)7-5-15/h3-12,24H,1-2H3/b20-12-,24-22?. The van der Waals surface area contributed by atoms with Crippen LogP contribution in [0.25, 0.3) is 17.4 Å². The Hall–Kier alpha value is -3.12. The number of carbonyl (C=O) groups excluding carboxylic acids is 1. The molecular weight excluding hydrogens is 375 g/mol. The van der Waals surface area contributed by atoms with Gasteiger partial charge in [-0.2, -0.15) is 0 Å². The molecule has 1 aliphatic heterocycles. The van der Waals surface area contributed by atoms with Crippen LogP contribution in [0.3, 0.4) is 0 Å². The van der Waals surface area contributed by atoms with Crippen LogP contribution in [0.15, 0.2) is 63.9 Å². The highest BCUT2D eigenvalue weighted by molar-refractivity contribution is 8.19. The number of thioether (sulfide) groups is 1. The van der Waals surface area contributed by atoms with Crippen LogP contribution in [-0.2, 0) is 4.79 Å². The maximum Gasteiger partial charge on any atom is 0.271 e. The van der Waals surface area contributed by atoms with Crippen LogP contribution in [0.1, 0.15) is 16.9 Å². The highest BCUT2D eigenvalue weighted by Gasteiger charge is 2.34. The van der Waals surface area contributed by atoms with E-state index < -0.39 is 0 Å².